The van der Waals surface area contributed by atoms with Crippen LogP contribution in [0.1, 0.15) is 17.3 Å². The zero-order valence-electron chi connectivity index (χ0n) is 18.0. The number of amides is 4. The van der Waals surface area contributed by atoms with Crippen LogP contribution in [0.3, 0.4) is 0 Å². The van der Waals surface area contributed by atoms with Gasteiger partial charge >= 0.3 is 6.03 Å². The topological polar surface area (TPSA) is 94.6 Å². The lowest BCUT2D eigenvalue weighted by atomic mass is 9.95. The molecule has 0 unspecified atom stereocenters. The lowest BCUT2D eigenvalue weighted by molar-refractivity contribution is -0.131. The van der Waals surface area contributed by atoms with E-state index in [0.717, 1.165) is 5.69 Å². The largest absolute Gasteiger partial charge is 0.354 e. The van der Waals surface area contributed by atoms with Crippen LogP contribution in [-0.4, -0.2) is 58.8 Å². The van der Waals surface area contributed by atoms with Gasteiger partial charge in [0.05, 0.1) is 23.9 Å². The highest BCUT2D eigenvalue weighted by atomic mass is 35.5. The Bertz CT molecular complexity index is 1120. The number of benzene rings is 1. The zero-order chi connectivity index (χ0) is 23.4. The number of nitrogens with zero attached hydrogens (tertiary/aromatic N) is 3. The number of rotatable bonds is 8. The van der Waals surface area contributed by atoms with E-state index in [9.17, 15) is 14.4 Å². The van der Waals surface area contributed by atoms with E-state index in [4.69, 9.17) is 11.6 Å². The number of carbonyl (C=O) groups excluding carboxylic acids is 3. The van der Waals surface area contributed by atoms with Gasteiger partial charge in [-0.1, -0.05) is 41.9 Å². The maximum absolute atomic E-state index is 13.4. The van der Waals surface area contributed by atoms with Crippen molar-refractivity contribution < 1.29 is 14.4 Å². The number of nitrogens with one attached hydrogen (secondary N) is 2. The van der Waals surface area contributed by atoms with Gasteiger partial charge in [-0.15, -0.1) is 6.58 Å². The molecule has 1 aromatic carbocycles. The fraction of sp³-hybridized carbons (Fsp3) is 0.250. The van der Waals surface area contributed by atoms with Crippen LogP contribution in [-0.2, 0) is 16.0 Å². The molecular weight excluding hydrogens is 442 g/mol. The Morgan fingerprint density at radius 1 is 1.24 bits per heavy atom. The molecule has 0 radical (unpaired) electrons. The second-order valence-electron chi connectivity index (χ2n) is 7.75. The smallest absolute Gasteiger partial charge is 0.322 e. The van der Waals surface area contributed by atoms with Crippen molar-refractivity contribution in [2.45, 2.75) is 12.5 Å². The van der Waals surface area contributed by atoms with Gasteiger partial charge in [0, 0.05) is 36.4 Å². The fourth-order valence-electron chi connectivity index (χ4n) is 4.05. The average Bonchev–Trinajstić information content (AvgIpc) is 3.12. The van der Waals surface area contributed by atoms with Crippen LogP contribution in [0.15, 0.2) is 72.6 Å². The van der Waals surface area contributed by atoms with Crippen molar-refractivity contribution in [3.63, 3.8) is 0 Å². The normalized spacial score (nSPS) is 17.7. The predicted molar refractivity (Wildman–Crippen MR) is 124 cm³/mol. The van der Waals surface area contributed by atoms with Crippen molar-refractivity contribution in [1.29, 1.82) is 0 Å². The fourth-order valence-corrected chi connectivity index (χ4v) is 4.29. The minimum atomic E-state index is -0.688. The zero-order valence-corrected chi connectivity index (χ0v) is 18.7. The Morgan fingerprint density at radius 2 is 2.03 bits per heavy atom. The van der Waals surface area contributed by atoms with Gasteiger partial charge in [0.1, 0.15) is 6.54 Å². The van der Waals surface area contributed by atoms with Gasteiger partial charge in [0.15, 0.2) is 0 Å². The average molecular weight is 466 g/mol. The molecule has 170 valence electrons. The summed E-state index contributed by atoms with van der Waals surface area (Å²) in [5.74, 6) is -0.577. The van der Waals surface area contributed by atoms with Gasteiger partial charge in [0.25, 0.3) is 5.91 Å². The Morgan fingerprint density at radius 3 is 2.76 bits per heavy atom. The summed E-state index contributed by atoms with van der Waals surface area (Å²) in [5.41, 5.74) is 2.49. The van der Waals surface area contributed by atoms with Crippen molar-refractivity contribution in [2.24, 2.45) is 0 Å². The molecule has 0 spiro atoms. The Kier molecular flexibility index (Phi) is 6.74. The van der Waals surface area contributed by atoms with Crippen molar-refractivity contribution in [3.8, 4) is 0 Å². The third kappa shape index (κ3) is 4.75. The Balaban J connectivity index is 1.49. The molecule has 2 aliphatic heterocycles. The number of urea groups is 1. The maximum atomic E-state index is 13.4. The monoisotopic (exact) mass is 465 g/mol. The second-order valence-corrected chi connectivity index (χ2v) is 8.15. The van der Waals surface area contributed by atoms with E-state index in [1.807, 2.05) is 18.2 Å². The van der Waals surface area contributed by atoms with Crippen LogP contribution in [0, 0.1) is 0 Å². The van der Waals surface area contributed by atoms with Crippen LogP contribution in [0.5, 0.6) is 0 Å². The first-order chi connectivity index (χ1) is 16.0. The van der Waals surface area contributed by atoms with Crippen molar-refractivity contribution >= 4 is 29.4 Å². The molecule has 8 nitrogen and oxygen atoms in total. The molecule has 1 atom stereocenters. The molecule has 0 aliphatic carbocycles. The minimum absolute atomic E-state index is 0.112. The summed E-state index contributed by atoms with van der Waals surface area (Å²) in [4.78, 5) is 45.9. The third-order valence-electron chi connectivity index (χ3n) is 5.59. The predicted octanol–water partition coefficient (Wildman–Crippen LogP) is 2.44. The molecule has 0 fully saturated rings. The first kappa shape index (κ1) is 22.5. The molecular formula is C24H24ClN5O3. The van der Waals surface area contributed by atoms with E-state index in [1.54, 1.807) is 36.5 Å². The van der Waals surface area contributed by atoms with Crippen molar-refractivity contribution in [3.05, 3.63) is 88.9 Å². The molecule has 2 aromatic rings. The Hall–Kier alpha value is -3.65. The van der Waals surface area contributed by atoms with Crippen LogP contribution in [0.2, 0.25) is 5.02 Å². The summed E-state index contributed by atoms with van der Waals surface area (Å²) in [6, 6.07) is 11.7. The highest BCUT2D eigenvalue weighted by Gasteiger charge is 2.44. The molecule has 0 saturated carbocycles. The first-order valence-electron chi connectivity index (χ1n) is 10.6. The van der Waals surface area contributed by atoms with E-state index in [-0.39, 0.29) is 37.5 Å². The van der Waals surface area contributed by atoms with E-state index >= 15 is 0 Å². The lowest BCUT2D eigenvalue weighted by Gasteiger charge is -2.33. The molecule has 0 bridgehead atoms. The number of hydrogen-bond acceptors (Lipinski definition) is 4. The maximum Gasteiger partial charge on any atom is 0.322 e. The number of carbonyl (C=O) groups is 3. The minimum Gasteiger partial charge on any atom is -0.354 e. The molecule has 2 aliphatic rings. The van der Waals surface area contributed by atoms with Gasteiger partial charge in [-0.3, -0.25) is 19.5 Å². The van der Waals surface area contributed by atoms with Gasteiger partial charge < -0.3 is 15.5 Å². The summed E-state index contributed by atoms with van der Waals surface area (Å²) in [5, 5.41) is 6.16. The number of hydrogen-bond donors (Lipinski definition) is 2. The van der Waals surface area contributed by atoms with E-state index in [0.29, 0.717) is 34.8 Å². The van der Waals surface area contributed by atoms with Crippen molar-refractivity contribution in [2.75, 3.05) is 26.2 Å². The summed E-state index contributed by atoms with van der Waals surface area (Å²) in [7, 11) is 0. The van der Waals surface area contributed by atoms with E-state index < -0.39 is 6.04 Å². The molecule has 2 N–H and O–H groups in total. The van der Waals surface area contributed by atoms with Crippen molar-refractivity contribution in [1.82, 2.24) is 25.4 Å². The standard InChI is InChI=1S/C24H24ClN5O3/c1-2-13-30-19-14-29(15-20(31)27-12-10-16-7-5-6-11-26-16)23(32)21(19)22(28-24(30)33)17-8-3-4-9-18(17)25/h2-9,11,22H,1,10,12-15H2,(H,27,31)(H,28,33)/t22-/m1/s1. The molecule has 1 aromatic heterocycles. The molecule has 0 saturated heterocycles. The molecule has 4 rings (SSSR count). The van der Waals surface area contributed by atoms with Gasteiger partial charge in [0.2, 0.25) is 5.91 Å². The van der Waals surface area contributed by atoms with E-state index in [1.165, 1.54) is 9.80 Å². The molecule has 3 heterocycles. The van der Waals surface area contributed by atoms with Crippen LogP contribution < -0.4 is 10.6 Å². The molecule has 33 heavy (non-hydrogen) atoms. The summed E-state index contributed by atoms with van der Waals surface area (Å²) < 4.78 is 0. The SMILES string of the molecule is C=CCN1C(=O)N[C@H](c2ccccc2Cl)C2=C1CN(CC(=O)NCCc1ccccn1)C2=O. The quantitative estimate of drug-likeness (QED) is 0.585. The summed E-state index contributed by atoms with van der Waals surface area (Å²) in [6.07, 6.45) is 3.89. The molecule has 9 heteroatoms. The lowest BCUT2D eigenvalue weighted by Crippen LogP contribution is -2.47. The molecule has 4 amide bonds. The second kappa shape index (κ2) is 9.87. The summed E-state index contributed by atoms with van der Waals surface area (Å²) in [6.45, 7) is 4.41. The Labute approximate surface area is 196 Å². The summed E-state index contributed by atoms with van der Waals surface area (Å²) >= 11 is 6.37. The van der Waals surface area contributed by atoms with E-state index in [2.05, 4.69) is 22.2 Å². The van der Waals surface area contributed by atoms with Gasteiger partial charge in [-0.25, -0.2) is 4.79 Å². The van der Waals surface area contributed by atoms with Crippen LogP contribution in [0.25, 0.3) is 0 Å². The van der Waals surface area contributed by atoms with Crippen LogP contribution >= 0.6 is 11.6 Å². The van der Waals surface area contributed by atoms with Crippen LogP contribution in [0.4, 0.5) is 4.79 Å². The highest BCUT2D eigenvalue weighted by molar-refractivity contribution is 6.31. The number of halogens is 1. The number of pyridine rings is 1. The number of aromatic nitrogens is 1. The third-order valence-corrected chi connectivity index (χ3v) is 5.93. The van der Waals surface area contributed by atoms with Gasteiger partial charge in [-0.05, 0) is 23.8 Å². The first-order valence-corrected chi connectivity index (χ1v) is 11.0. The van der Waals surface area contributed by atoms with Gasteiger partial charge in [-0.2, -0.15) is 0 Å². The highest BCUT2D eigenvalue weighted by Crippen LogP contribution is 2.38.